The fourth-order valence-electron chi connectivity index (χ4n) is 2.63. The van der Waals surface area contributed by atoms with Crippen LogP contribution < -0.4 is 0 Å². The number of hydrogen-bond acceptors (Lipinski definition) is 3. The molecular weight excluding hydrogens is 388 g/mol. The summed E-state index contributed by atoms with van der Waals surface area (Å²) in [6.07, 6.45) is -2.97. The van der Waals surface area contributed by atoms with Crippen molar-refractivity contribution in [1.29, 1.82) is 5.26 Å². The van der Waals surface area contributed by atoms with Crippen LogP contribution in [-0.2, 0) is 12.6 Å². The van der Waals surface area contributed by atoms with Crippen molar-refractivity contribution in [3.8, 4) is 23.6 Å². The molecule has 3 aromatic rings. The minimum atomic E-state index is -4.57. The first-order valence-electron chi connectivity index (χ1n) is 8.35. The average Bonchev–Trinajstić information content (AvgIpc) is 3.16. The quantitative estimate of drug-likeness (QED) is 0.656. The molecule has 0 aliphatic rings. The Kier molecular flexibility index (Phi) is 5.51. The molecule has 1 heterocycles. The lowest BCUT2D eigenvalue weighted by atomic mass is 10.1. The van der Waals surface area contributed by atoms with Crippen LogP contribution in [0.3, 0.4) is 0 Å². The Morgan fingerprint density at radius 3 is 2.55 bits per heavy atom. The second-order valence-electron chi connectivity index (χ2n) is 5.98. The minimum Gasteiger partial charge on any atom is -0.506 e. The number of rotatable bonds is 3. The van der Waals surface area contributed by atoms with Gasteiger partial charge in [-0.2, -0.15) is 23.5 Å². The first-order valence-corrected chi connectivity index (χ1v) is 8.35. The predicted octanol–water partition coefficient (Wildman–Crippen LogP) is 4.53. The molecule has 5 nitrogen and oxygen atoms in total. The highest BCUT2D eigenvalue weighted by atomic mass is 19.4. The number of benzene rings is 2. The molecule has 0 bridgehead atoms. The number of aromatic hydroxyl groups is 1. The maximum atomic E-state index is 14.0. The molecule has 9 heteroatoms. The molecule has 0 aliphatic carbocycles. The second-order valence-corrected chi connectivity index (χ2v) is 5.98. The molecule has 0 fully saturated rings. The van der Waals surface area contributed by atoms with Crippen LogP contribution in [0.1, 0.15) is 22.3 Å². The van der Waals surface area contributed by atoms with Crippen molar-refractivity contribution < 1.29 is 22.7 Å². The molecule has 1 aromatic heterocycles. The lowest BCUT2D eigenvalue weighted by molar-refractivity contribution is -0.137. The van der Waals surface area contributed by atoms with Gasteiger partial charge in [-0.15, -0.1) is 0 Å². The summed E-state index contributed by atoms with van der Waals surface area (Å²) in [5.41, 5.74) is -0.508. The van der Waals surface area contributed by atoms with Crippen molar-refractivity contribution in [3.05, 3.63) is 81.7 Å². The first kappa shape index (κ1) is 19.9. The van der Waals surface area contributed by atoms with Crippen LogP contribution in [0.15, 0.2) is 48.8 Å². The van der Waals surface area contributed by atoms with Gasteiger partial charge in [-0.05, 0) is 23.8 Å². The van der Waals surface area contributed by atoms with Crippen LogP contribution in [0.5, 0.6) is 5.75 Å². The summed E-state index contributed by atoms with van der Waals surface area (Å²) >= 11 is 0. The number of phenolic OH excluding ortho intramolecular Hbond substituents is 1. The van der Waals surface area contributed by atoms with Crippen LogP contribution in [0.25, 0.3) is 10.5 Å². The maximum Gasteiger partial charge on any atom is 0.419 e. The van der Waals surface area contributed by atoms with Gasteiger partial charge in [0.15, 0.2) is 0 Å². The molecule has 0 atom stereocenters. The zero-order valence-corrected chi connectivity index (χ0v) is 14.8. The molecule has 146 valence electrons. The van der Waals surface area contributed by atoms with Gasteiger partial charge >= 0.3 is 12.2 Å². The molecule has 2 aromatic carbocycles. The highest BCUT2D eigenvalue weighted by Gasteiger charge is 2.32. The number of halogens is 4. The van der Waals surface area contributed by atoms with Crippen LogP contribution in [-0.4, -0.2) is 21.4 Å². The number of nitrogens with zero attached hydrogens (tertiary/aromatic N) is 4. The molecule has 0 unspecified atom stereocenters. The summed E-state index contributed by atoms with van der Waals surface area (Å²) in [4.78, 5) is 4.04. The van der Waals surface area contributed by atoms with Gasteiger partial charge < -0.3 is 5.11 Å². The van der Waals surface area contributed by atoms with E-state index < -0.39 is 17.6 Å². The average molecular weight is 401 g/mol. The van der Waals surface area contributed by atoms with Crippen molar-refractivity contribution in [2.75, 3.05) is 6.54 Å². The molecule has 0 amide bonds. The highest BCUT2D eigenvalue weighted by Crippen LogP contribution is 2.31. The smallest absolute Gasteiger partial charge is 0.419 e. The lowest BCUT2D eigenvalue weighted by Crippen LogP contribution is -2.03. The summed E-state index contributed by atoms with van der Waals surface area (Å²) in [7, 11) is 0. The van der Waals surface area contributed by atoms with E-state index in [1.54, 1.807) is 12.1 Å². The summed E-state index contributed by atoms with van der Waals surface area (Å²) in [6, 6.07) is 13.2. The highest BCUT2D eigenvalue weighted by molar-refractivity contribution is 5.58. The monoisotopic (exact) mass is 401 g/mol. The van der Waals surface area contributed by atoms with Crippen molar-refractivity contribution in [1.82, 2.24) is 9.78 Å². The molecule has 1 N–H and O–H groups in total. The topological polar surface area (TPSA) is 66.2 Å². The number of alkyl halides is 3. The molecule has 0 spiro atoms. The Hall–Kier alpha value is -3.85. The van der Waals surface area contributed by atoms with Gasteiger partial charge in [0.05, 0.1) is 23.7 Å². The first-order chi connectivity index (χ1) is 13.8. The van der Waals surface area contributed by atoms with Crippen LogP contribution in [0, 0.1) is 23.2 Å². The molecule has 0 aliphatic heterocycles. The van der Waals surface area contributed by atoms with Crippen LogP contribution in [0.4, 0.5) is 17.6 Å². The SMILES string of the molecule is N#Cc1cccc(CC[N+]#Cc2cccc(O)c2-n2cc(C(F)(F)F)cn2)c1F. The van der Waals surface area contributed by atoms with Gasteiger partial charge in [0, 0.05) is 6.20 Å². The Morgan fingerprint density at radius 2 is 1.86 bits per heavy atom. The van der Waals surface area contributed by atoms with Gasteiger partial charge in [0.2, 0.25) is 0 Å². The Morgan fingerprint density at radius 1 is 1.14 bits per heavy atom. The van der Waals surface area contributed by atoms with Crippen LogP contribution >= 0.6 is 0 Å². The Labute approximate surface area is 162 Å². The Balaban J connectivity index is 1.84. The van der Waals surface area contributed by atoms with E-state index in [0.717, 1.165) is 10.9 Å². The van der Waals surface area contributed by atoms with E-state index in [4.69, 9.17) is 5.26 Å². The summed E-state index contributed by atoms with van der Waals surface area (Å²) in [5, 5.41) is 22.6. The maximum absolute atomic E-state index is 14.0. The third-order valence-electron chi connectivity index (χ3n) is 4.05. The van der Waals surface area contributed by atoms with E-state index in [9.17, 15) is 22.7 Å². The van der Waals surface area contributed by atoms with Gasteiger partial charge in [-0.25, -0.2) is 9.07 Å². The largest absolute Gasteiger partial charge is 0.506 e. The van der Waals surface area contributed by atoms with E-state index >= 15 is 0 Å². The molecule has 3 rings (SSSR count). The number of phenols is 1. The third kappa shape index (κ3) is 4.36. The summed E-state index contributed by atoms with van der Waals surface area (Å²) in [6.45, 7) is 0.119. The van der Waals surface area contributed by atoms with E-state index in [1.807, 2.05) is 0 Å². The minimum absolute atomic E-state index is 0.00981. The van der Waals surface area contributed by atoms with Gasteiger partial charge in [0.1, 0.15) is 28.9 Å². The molecular formula is C20H13F4N4O+. The predicted molar refractivity (Wildman–Crippen MR) is 96.3 cm³/mol. The van der Waals surface area contributed by atoms with E-state index in [2.05, 4.69) is 16.0 Å². The molecule has 0 saturated heterocycles. The van der Waals surface area contributed by atoms with E-state index in [-0.39, 0.29) is 35.5 Å². The number of para-hydroxylation sites is 1. The van der Waals surface area contributed by atoms with Gasteiger partial charge in [0.25, 0.3) is 6.54 Å². The normalized spacial score (nSPS) is 10.9. The molecule has 0 radical (unpaired) electrons. The third-order valence-corrected chi connectivity index (χ3v) is 4.05. The standard InChI is InChI=1S/C20H12F4N4O/c21-18-13(3-1-4-14(18)9-25)7-8-26-10-15-5-2-6-17(29)19(15)28-12-16(11-27-28)20(22,23)24/h1-6,11-12H,7-8H2/p+1. The van der Waals surface area contributed by atoms with E-state index in [0.29, 0.717) is 11.8 Å². The number of nitriles is 1. The second kappa shape index (κ2) is 8.03. The number of hydrogen-bond donors (Lipinski definition) is 1. The van der Waals surface area contributed by atoms with Crippen LogP contribution in [0.2, 0.25) is 0 Å². The zero-order chi connectivity index (χ0) is 21.0. The van der Waals surface area contributed by atoms with Crippen molar-refractivity contribution >= 4 is 0 Å². The summed E-state index contributed by atoms with van der Waals surface area (Å²) < 4.78 is 53.4. The fraction of sp³-hybridized carbons (Fsp3) is 0.150. The van der Waals surface area contributed by atoms with Crippen molar-refractivity contribution in [2.24, 2.45) is 0 Å². The number of aromatic nitrogens is 2. The molecule has 0 saturated carbocycles. The fourth-order valence-corrected chi connectivity index (χ4v) is 2.63. The van der Waals surface area contributed by atoms with Crippen molar-refractivity contribution in [3.63, 3.8) is 0 Å². The Bertz CT molecular complexity index is 1150. The molecule has 29 heavy (non-hydrogen) atoms. The van der Waals surface area contributed by atoms with Crippen molar-refractivity contribution in [2.45, 2.75) is 12.6 Å². The van der Waals surface area contributed by atoms with Gasteiger partial charge in [-0.1, -0.05) is 23.0 Å². The summed E-state index contributed by atoms with van der Waals surface area (Å²) in [5.74, 6) is -0.908. The van der Waals surface area contributed by atoms with Gasteiger partial charge in [-0.3, -0.25) is 0 Å². The lowest BCUT2D eigenvalue weighted by Gasteiger charge is -2.05. The van der Waals surface area contributed by atoms with E-state index in [1.165, 1.54) is 30.3 Å². The zero-order valence-electron chi connectivity index (χ0n) is 14.8.